The van der Waals surface area contributed by atoms with Gasteiger partial charge in [0.05, 0.1) is 5.69 Å². The van der Waals surface area contributed by atoms with Crippen LogP contribution in [-0.4, -0.2) is 12.5 Å². The van der Waals surface area contributed by atoms with Crippen molar-refractivity contribution in [3.8, 4) is 5.75 Å². The first-order valence-corrected chi connectivity index (χ1v) is 8.70. The van der Waals surface area contributed by atoms with Crippen LogP contribution in [0.3, 0.4) is 0 Å². The summed E-state index contributed by atoms with van der Waals surface area (Å²) in [6.07, 6.45) is 1.77. The van der Waals surface area contributed by atoms with Crippen LogP contribution >= 0.6 is 0 Å². The number of anilines is 2. The third kappa shape index (κ3) is 3.64. The van der Waals surface area contributed by atoms with Crippen LogP contribution in [0.5, 0.6) is 5.75 Å². The first kappa shape index (κ1) is 17.8. The maximum absolute atomic E-state index is 13.0. The summed E-state index contributed by atoms with van der Waals surface area (Å²) in [6.45, 7) is 10.5. The largest absolute Gasteiger partial charge is 0.449 e. The molecule has 0 spiro atoms. The quantitative estimate of drug-likeness (QED) is 0.493. The second kappa shape index (κ2) is 7.08. The lowest BCUT2D eigenvalue weighted by Crippen LogP contribution is -2.38. The van der Waals surface area contributed by atoms with Crippen LogP contribution in [0.4, 0.5) is 11.4 Å². The molecule has 0 radical (unpaired) electrons. The summed E-state index contributed by atoms with van der Waals surface area (Å²) in [6, 6.07) is 13.5. The molecule has 3 rings (SSSR count). The molecule has 0 fully saturated rings. The Labute approximate surface area is 154 Å². The zero-order valence-electron chi connectivity index (χ0n) is 15.5. The smallest absolute Gasteiger partial charge is 0.294 e. The lowest BCUT2D eigenvalue weighted by molar-refractivity contribution is -0.117. The standard InChI is InChI=1S/C22H24N2O2/c1-14(2)13-24-19-12-18(23)9-10-20(19)26-21(22(24)25)11-16-5-7-17(8-6-16)15(3)4/h5-12,15H,1,13,23H2,2-4H3/b21-11+. The molecule has 0 aliphatic carbocycles. The van der Waals surface area contributed by atoms with Crippen LogP contribution in [0, 0.1) is 0 Å². The topological polar surface area (TPSA) is 55.6 Å². The van der Waals surface area contributed by atoms with Crippen molar-refractivity contribution in [2.45, 2.75) is 26.7 Å². The fourth-order valence-corrected chi connectivity index (χ4v) is 2.88. The van der Waals surface area contributed by atoms with Crippen molar-refractivity contribution in [2.24, 2.45) is 0 Å². The number of fused-ring (bicyclic) bond motifs is 1. The number of carbonyl (C=O) groups is 1. The molecule has 2 aromatic rings. The number of nitrogens with zero attached hydrogens (tertiary/aromatic N) is 1. The summed E-state index contributed by atoms with van der Waals surface area (Å²) >= 11 is 0. The molecule has 4 heteroatoms. The Morgan fingerprint density at radius 2 is 1.92 bits per heavy atom. The van der Waals surface area contributed by atoms with E-state index in [1.54, 1.807) is 29.2 Å². The molecule has 1 amide bonds. The lowest BCUT2D eigenvalue weighted by Gasteiger charge is -2.31. The Kier molecular flexibility index (Phi) is 4.85. The number of rotatable bonds is 4. The van der Waals surface area contributed by atoms with Crippen LogP contribution in [0.15, 0.2) is 60.4 Å². The van der Waals surface area contributed by atoms with Crippen LogP contribution in [0.2, 0.25) is 0 Å². The molecule has 134 valence electrons. The average molecular weight is 348 g/mol. The third-order valence-electron chi connectivity index (χ3n) is 4.28. The van der Waals surface area contributed by atoms with Crippen molar-refractivity contribution >= 4 is 23.4 Å². The van der Waals surface area contributed by atoms with Gasteiger partial charge in [-0.05, 0) is 48.2 Å². The van der Waals surface area contributed by atoms with E-state index in [1.807, 2.05) is 19.1 Å². The van der Waals surface area contributed by atoms with Crippen molar-refractivity contribution in [2.75, 3.05) is 17.2 Å². The van der Waals surface area contributed by atoms with Gasteiger partial charge < -0.3 is 10.5 Å². The molecular formula is C22H24N2O2. The molecule has 0 saturated heterocycles. The van der Waals surface area contributed by atoms with E-state index >= 15 is 0 Å². The highest BCUT2D eigenvalue weighted by atomic mass is 16.5. The van der Waals surface area contributed by atoms with Gasteiger partial charge in [-0.2, -0.15) is 0 Å². The van der Waals surface area contributed by atoms with Crippen LogP contribution < -0.4 is 15.4 Å². The minimum atomic E-state index is -0.195. The van der Waals surface area contributed by atoms with E-state index in [0.717, 1.165) is 11.1 Å². The van der Waals surface area contributed by atoms with Gasteiger partial charge in [0.15, 0.2) is 11.5 Å². The van der Waals surface area contributed by atoms with Gasteiger partial charge in [0.1, 0.15) is 0 Å². The maximum atomic E-state index is 13.0. The minimum Gasteiger partial charge on any atom is -0.449 e. The molecule has 1 aliphatic rings. The van der Waals surface area contributed by atoms with Crippen molar-refractivity contribution in [3.63, 3.8) is 0 Å². The van der Waals surface area contributed by atoms with E-state index in [1.165, 1.54) is 5.56 Å². The zero-order chi connectivity index (χ0) is 18.8. The molecule has 2 N–H and O–H groups in total. The maximum Gasteiger partial charge on any atom is 0.294 e. The molecule has 0 aromatic heterocycles. The Hall–Kier alpha value is -3.01. The molecule has 1 aliphatic heterocycles. The summed E-state index contributed by atoms with van der Waals surface area (Å²) in [7, 11) is 0. The number of amides is 1. The van der Waals surface area contributed by atoms with Crippen LogP contribution in [-0.2, 0) is 4.79 Å². The van der Waals surface area contributed by atoms with Crippen molar-refractivity contribution in [3.05, 3.63) is 71.5 Å². The minimum absolute atomic E-state index is 0.195. The van der Waals surface area contributed by atoms with E-state index in [9.17, 15) is 4.79 Å². The number of hydrogen-bond acceptors (Lipinski definition) is 3. The van der Waals surface area contributed by atoms with Crippen LogP contribution in [0.25, 0.3) is 6.08 Å². The summed E-state index contributed by atoms with van der Waals surface area (Å²) in [5.74, 6) is 1.18. The highest BCUT2D eigenvalue weighted by molar-refractivity contribution is 6.10. The summed E-state index contributed by atoms with van der Waals surface area (Å²) < 4.78 is 5.88. The van der Waals surface area contributed by atoms with Crippen LogP contribution in [0.1, 0.15) is 37.8 Å². The van der Waals surface area contributed by atoms with E-state index in [0.29, 0.717) is 35.3 Å². The Morgan fingerprint density at radius 3 is 2.54 bits per heavy atom. The highest BCUT2D eigenvalue weighted by Crippen LogP contribution is 2.37. The third-order valence-corrected chi connectivity index (χ3v) is 4.28. The van der Waals surface area contributed by atoms with E-state index in [-0.39, 0.29) is 5.91 Å². The molecule has 4 nitrogen and oxygen atoms in total. The Balaban J connectivity index is 1.99. The molecule has 26 heavy (non-hydrogen) atoms. The molecular weight excluding hydrogens is 324 g/mol. The first-order valence-electron chi connectivity index (χ1n) is 8.70. The summed E-state index contributed by atoms with van der Waals surface area (Å²) in [4.78, 5) is 14.6. The molecule has 0 bridgehead atoms. The predicted octanol–water partition coefficient (Wildman–Crippen LogP) is 4.73. The second-order valence-electron chi connectivity index (χ2n) is 7.01. The number of hydrogen-bond donors (Lipinski definition) is 1. The van der Waals surface area contributed by atoms with E-state index < -0.39 is 0 Å². The molecule has 2 aromatic carbocycles. The highest BCUT2D eigenvalue weighted by Gasteiger charge is 2.30. The van der Waals surface area contributed by atoms with Gasteiger partial charge in [0.25, 0.3) is 5.91 Å². The van der Waals surface area contributed by atoms with Crippen molar-refractivity contribution in [1.82, 2.24) is 0 Å². The summed E-state index contributed by atoms with van der Waals surface area (Å²) in [5.41, 5.74) is 10.2. The lowest BCUT2D eigenvalue weighted by atomic mass is 10.0. The van der Waals surface area contributed by atoms with Gasteiger partial charge >= 0.3 is 0 Å². The molecule has 0 atom stereocenters. The van der Waals surface area contributed by atoms with Gasteiger partial charge in [-0.1, -0.05) is 50.3 Å². The predicted molar refractivity (Wildman–Crippen MR) is 107 cm³/mol. The fraction of sp³-hybridized carbons (Fsp3) is 0.227. The number of ether oxygens (including phenoxy) is 1. The SMILES string of the molecule is C=C(C)CN1C(=O)/C(=C\c2ccc(C(C)C)cc2)Oc2ccc(N)cc21. The molecule has 0 saturated carbocycles. The number of nitrogens with two attached hydrogens (primary N) is 1. The van der Waals surface area contributed by atoms with Gasteiger partial charge in [0, 0.05) is 12.2 Å². The number of benzene rings is 2. The number of nitrogen functional groups attached to an aromatic ring is 1. The fourth-order valence-electron chi connectivity index (χ4n) is 2.88. The van der Waals surface area contributed by atoms with Gasteiger partial charge in [-0.25, -0.2) is 0 Å². The van der Waals surface area contributed by atoms with Gasteiger partial charge in [0.2, 0.25) is 0 Å². The normalized spacial score (nSPS) is 15.2. The Bertz CT molecular complexity index is 880. The van der Waals surface area contributed by atoms with Crippen molar-refractivity contribution in [1.29, 1.82) is 0 Å². The summed E-state index contributed by atoms with van der Waals surface area (Å²) in [5, 5.41) is 0. The van der Waals surface area contributed by atoms with Gasteiger partial charge in [-0.3, -0.25) is 9.69 Å². The monoisotopic (exact) mass is 348 g/mol. The van der Waals surface area contributed by atoms with Gasteiger partial charge in [-0.15, -0.1) is 0 Å². The number of carbonyl (C=O) groups excluding carboxylic acids is 1. The average Bonchev–Trinajstić information content (AvgIpc) is 2.59. The second-order valence-corrected chi connectivity index (χ2v) is 7.01. The molecule has 0 unspecified atom stereocenters. The zero-order valence-corrected chi connectivity index (χ0v) is 15.5. The van der Waals surface area contributed by atoms with E-state index in [2.05, 4.69) is 32.6 Å². The Morgan fingerprint density at radius 1 is 1.23 bits per heavy atom. The van der Waals surface area contributed by atoms with E-state index in [4.69, 9.17) is 10.5 Å². The van der Waals surface area contributed by atoms with Crippen molar-refractivity contribution < 1.29 is 9.53 Å². The molecule has 1 heterocycles. The first-order chi connectivity index (χ1) is 12.3.